The van der Waals surface area contributed by atoms with Gasteiger partial charge >= 0.3 is 0 Å². The van der Waals surface area contributed by atoms with E-state index in [1.165, 1.54) is 36.0 Å². The highest BCUT2D eigenvalue weighted by Gasteiger charge is 2.03. The first-order chi connectivity index (χ1) is 12.4. The monoisotopic (exact) mass is 331 g/mol. The summed E-state index contributed by atoms with van der Waals surface area (Å²) in [5.74, 6) is 0. The third-order valence-corrected chi connectivity index (χ3v) is 3.03. The van der Waals surface area contributed by atoms with Crippen LogP contribution >= 0.6 is 0 Å². The molecule has 8 nitrogen and oxygen atoms in total. The van der Waals surface area contributed by atoms with E-state index in [4.69, 9.17) is 4.42 Å². The Morgan fingerprint density at radius 1 is 0.520 bits per heavy atom. The van der Waals surface area contributed by atoms with Gasteiger partial charge in [-0.15, -0.1) is 25.5 Å². The molecule has 0 aliphatic heterocycles. The molecule has 5 aromatic rings. The Labute approximate surface area is 142 Å². The van der Waals surface area contributed by atoms with Crippen molar-refractivity contribution >= 4 is 21.9 Å². The highest BCUT2D eigenvalue weighted by atomic mass is 16.3. The molecular formula is C17H13N7O. The van der Waals surface area contributed by atoms with Gasteiger partial charge in [-0.05, 0) is 12.1 Å². The lowest BCUT2D eigenvalue weighted by molar-refractivity contribution is 0.669. The second-order valence-corrected chi connectivity index (χ2v) is 4.58. The molecule has 0 saturated carbocycles. The van der Waals surface area contributed by atoms with Crippen molar-refractivity contribution in [3.8, 4) is 0 Å². The second kappa shape index (κ2) is 8.73. The molecule has 122 valence electrons. The van der Waals surface area contributed by atoms with Gasteiger partial charge in [0.1, 0.15) is 17.5 Å². The minimum absolute atomic E-state index is 0.962. The van der Waals surface area contributed by atoms with Gasteiger partial charge in [0.05, 0.1) is 6.20 Å². The number of hydrogen-bond donors (Lipinski definition) is 0. The summed E-state index contributed by atoms with van der Waals surface area (Å²) in [6.07, 6.45) is 7.05. The Kier molecular flexibility index (Phi) is 5.61. The van der Waals surface area contributed by atoms with Crippen LogP contribution in [0.2, 0.25) is 0 Å². The van der Waals surface area contributed by atoms with Crippen LogP contribution in [0.15, 0.2) is 84.3 Å². The summed E-state index contributed by atoms with van der Waals surface area (Å²) < 4.78 is 5.65. The van der Waals surface area contributed by atoms with E-state index in [1.54, 1.807) is 6.20 Å². The summed E-state index contributed by atoms with van der Waals surface area (Å²) in [5.41, 5.74) is 1.92. The van der Waals surface area contributed by atoms with Crippen LogP contribution in [0.25, 0.3) is 21.9 Å². The fraction of sp³-hybridized carbons (Fsp3) is 0. The molecule has 0 unspecified atom stereocenters. The molecule has 0 N–H and O–H groups in total. The van der Waals surface area contributed by atoms with Gasteiger partial charge in [0, 0.05) is 17.0 Å². The summed E-state index contributed by atoms with van der Waals surface area (Å²) in [5, 5.41) is 22.7. The molecule has 0 aliphatic carbocycles. The van der Waals surface area contributed by atoms with Crippen LogP contribution in [-0.4, -0.2) is 35.6 Å². The molecule has 0 saturated heterocycles. The second-order valence-electron chi connectivity index (χ2n) is 4.58. The van der Waals surface area contributed by atoms with Crippen molar-refractivity contribution in [3.05, 3.63) is 79.9 Å². The SMILES string of the molecule is c1ccc2c(c1)oc1ccccc12.c1cnncn1.c1nncnn1. The molecule has 8 heteroatoms. The Morgan fingerprint density at radius 2 is 1.04 bits per heavy atom. The lowest BCUT2D eigenvalue weighted by Crippen LogP contribution is -1.81. The largest absolute Gasteiger partial charge is 0.456 e. The zero-order chi connectivity index (χ0) is 17.2. The molecule has 0 bridgehead atoms. The van der Waals surface area contributed by atoms with Crippen LogP contribution in [0.3, 0.4) is 0 Å². The van der Waals surface area contributed by atoms with Crippen LogP contribution in [0.1, 0.15) is 0 Å². The molecule has 0 aliphatic rings. The highest BCUT2D eigenvalue weighted by molar-refractivity contribution is 6.04. The quantitative estimate of drug-likeness (QED) is 0.426. The van der Waals surface area contributed by atoms with Crippen LogP contribution < -0.4 is 0 Å². The van der Waals surface area contributed by atoms with Crippen LogP contribution in [0, 0.1) is 0 Å². The van der Waals surface area contributed by atoms with Crippen molar-refractivity contribution < 1.29 is 4.42 Å². The maximum absolute atomic E-state index is 5.65. The fourth-order valence-electron chi connectivity index (χ4n) is 2.05. The smallest absolute Gasteiger partial charge is 0.160 e. The molecule has 2 aromatic carbocycles. The lowest BCUT2D eigenvalue weighted by Gasteiger charge is -1.85. The number of hydrogen-bond acceptors (Lipinski definition) is 8. The zero-order valence-corrected chi connectivity index (χ0v) is 13.0. The summed E-state index contributed by atoms with van der Waals surface area (Å²) >= 11 is 0. The lowest BCUT2D eigenvalue weighted by atomic mass is 10.2. The Hall–Kier alpha value is -3.81. The minimum atomic E-state index is 0.962. The van der Waals surface area contributed by atoms with Crippen molar-refractivity contribution in [1.29, 1.82) is 0 Å². The molecule has 0 spiro atoms. The van der Waals surface area contributed by atoms with Gasteiger partial charge in [-0.2, -0.15) is 5.10 Å². The van der Waals surface area contributed by atoms with E-state index in [-0.39, 0.29) is 0 Å². The fourth-order valence-corrected chi connectivity index (χ4v) is 2.05. The number of rotatable bonds is 0. The summed E-state index contributed by atoms with van der Waals surface area (Å²) in [6, 6.07) is 16.2. The van der Waals surface area contributed by atoms with Gasteiger partial charge in [-0.3, -0.25) is 0 Å². The molecule has 0 radical (unpaired) electrons. The van der Waals surface area contributed by atoms with Gasteiger partial charge in [-0.25, -0.2) is 4.98 Å². The summed E-state index contributed by atoms with van der Waals surface area (Å²) in [6.45, 7) is 0. The summed E-state index contributed by atoms with van der Waals surface area (Å²) in [4.78, 5) is 3.61. The predicted molar refractivity (Wildman–Crippen MR) is 91.2 cm³/mol. The third kappa shape index (κ3) is 4.58. The van der Waals surface area contributed by atoms with Gasteiger partial charge in [-0.1, -0.05) is 36.4 Å². The van der Waals surface area contributed by atoms with Crippen molar-refractivity contribution in [2.75, 3.05) is 0 Å². The maximum atomic E-state index is 5.65. The number of aromatic nitrogens is 7. The van der Waals surface area contributed by atoms with Crippen molar-refractivity contribution in [2.45, 2.75) is 0 Å². The predicted octanol–water partition coefficient (Wildman–Crippen LogP) is 2.72. The number of para-hydroxylation sites is 2. The van der Waals surface area contributed by atoms with Crippen LogP contribution in [0.4, 0.5) is 0 Å². The van der Waals surface area contributed by atoms with E-state index in [0.717, 1.165) is 11.2 Å². The number of furan rings is 1. The van der Waals surface area contributed by atoms with Crippen molar-refractivity contribution in [2.24, 2.45) is 0 Å². The van der Waals surface area contributed by atoms with Crippen LogP contribution in [-0.2, 0) is 0 Å². The number of fused-ring (bicyclic) bond motifs is 3. The standard InChI is InChI=1S/C12H8O.C3H3N3.C2H2N4/c1-3-7-11-9(5-1)10-6-2-4-8-12(10)13-11;1-2-5-6-3-4-1;1-3-5-2-6-4-1/h1-8H;1-3H;1-2H. The van der Waals surface area contributed by atoms with Gasteiger partial charge in [0.2, 0.25) is 0 Å². The molecule has 3 heterocycles. The van der Waals surface area contributed by atoms with Gasteiger partial charge < -0.3 is 4.42 Å². The third-order valence-electron chi connectivity index (χ3n) is 3.03. The van der Waals surface area contributed by atoms with Gasteiger partial charge in [0.15, 0.2) is 12.7 Å². The van der Waals surface area contributed by atoms with Crippen molar-refractivity contribution in [1.82, 2.24) is 35.6 Å². The Balaban J connectivity index is 0.000000127. The first-order valence-electron chi connectivity index (χ1n) is 7.31. The average Bonchev–Trinajstić information content (AvgIpc) is 3.10. The topological polar surface area (TPSA) is 103 Å². The average molecular weight is 331 g/mol. The Morgan fingerprint density at radius 3 is 1.40 bits per heavy atom. The van der Waals surface area contributed by atoms with E-state index in [9.17, 15) is 0 Å². The molecule has 25 heavy (non-hydrogen) atoms. The molecule has 5 rings (SSSR count). The van der Waals surface area contributed by atoms with Gasteiger partial charge in [0.25, 0.3) is 0 Å². The Bertz CT molecular complexity index is 871. The molecule has 0 fully saturated rings. The van der Waals surface area contributed by atoms with E-state index in [0.29, 0.717) is 0 Å². The molecule has 0 amide bonds. The molecule has 0 atom stereocenters. The van der Waals surface area contributed by atoms with E-state index in [2.05, 4.69) is 47.7 Å². The van der Waals surface area contributed by atoms with E-state index < -0.39 is 0 Å². The molecule has 3 aromatic heterocycles. The normalized spacial score (nSPS) is 9.60. The van der Waals surface area contributed by atoms with E-state index in [1.807, 2.05) is 36.4 Å². The summed E-state index contributed by atoms with van der Waals surface area (Å²) in [7, 11) is 0. The first kappa shape index (κ1) is 16.1. The molecular weight excluding hydrogens is 318 g/mol. The number of benzene rings is 2. The van der Waals surface area contributed by atoms with E-state index >= 15 is 0 Å². The van der Waals surface area contributed by atoms with Crippen LogP contribution in [0.5, 0.6) is 0 Å². The van der Waals surface area contributed by atoms with Crippen molar-refractivity contribution in [3.63, 3.8) is 0 Å². The number of nitrogens with zero attached hydrogens (tertiary/aromatic N) is 7. The maximum Gasteiger partial charge on any atom is 0.160 e. The first-order valence-corrected chi connectivity index (χ1v) is 7.31. The minimum Gasteiger partial charge on any atom is -0.456 e. The highest BCUT2D eigenvalue weighted by Crippen LogP contribution is 2.27. The zero-order valence-electron chi connectivity index (χ0n) is 13.0.